The van der Waals surface area contributed by atoms with Crippen LogP contribution < -0.4 is 11.1 Å². The zero-order valence-corrected chi connectivity index (χ0v) is 16.2. The van der Waals surface area contributed by atoms with Crippen LogP contribution in [0.5, 0.6) is 0 Å². The number of nitrogens with one attached hydrogen (secondary N) is 1. The minimum Gasteiger partial charge on any atom is -0.390 e. The number of nitro groups is 1. The average Bonchev–Trinajstić information content (AvgIpc) is 2.99. The number of carbonyl (C=O) groups is 2. The van der Waals surface area contributed by atoms with Gasteiger partial charge in [0.2, 0.25) is 5.91 Å². The molecule has 1 aromatic heterocycles. The van der Waals surface area contributed by atoms with Crippen molar-refractivity contribution < 1.29 is 14.5 Å². The molecule has 0 aromatic carbocycles. The third kappa shape index (κ3) is 7.27. The first kappa shape index (κ1) is 22.4. The van der Waals surface area contributed by atoms with Gasteiger partial charge in [0.05, 0.1) is 0 Å². The highest BCUT2D eigenvalue weighted by molar-refractivity contribution is 5.91. The van der Waals surface area contributed by atoms with E-state index in [2.05, 4.69) is 15.4 Å². The summed E-state index contributed by atoms with van der Waals surface area (Å²) in [5, 5.41) is 17.4. The van der Waals surface area contributed by atoms with Gasteiger partial charge < -0.3 is 31.0 Å². The summed E-state index contributed by atoms with van der Waals surface area (Å²) in [6, 6.07) is -0.992. The molecule has 0 radical (unpaired) electrons. The molecule has 0 aliphatic heterocycles. The van der Waals surface area contributed by atoms with Crippen LogP contribution in [-0.4, -0.2) is 89.1 Å². The number of amides is 2. The number of carbonyl (C=O) groups excluding carboxylic acids is 2. The van der Waals surface area contributed by atoms with Gasteiger partial charge in [-0.25, -0.2) is 0 Å². The zero-order valence-electron chi connectivity index (χ0n) is 16.2. The quantitative estimate of drug-likeness (QED) is 0.271. The normalized spacial score (nSPS) is 12.4. The Morgan fingerprint density at radius 1 is 1.22 bits per heavy atom. The largest absolute Gasteiger partial charge is 0.491 e. The van der Waals surface area contributed by atoms with E-state index in [1.165, 1.54) is 0 Å². The predicted molar refractivity (Wildman–Crippen MR) is 98.2 cm³/mol. The predicted octanol–water partition coefficient (Wildman–Crippen LogP) is -0.764. The first-order chi connectivity index (χ1) is 12.6. The first-order valence-corrected chi connectivity index (χ1v) is 8.61. The van der Waals surface area contributed by atoms with Crippen molar-refractivity contribution in [3.8, 4) is 0 Å². The number of hydrogen-bond donors (Lipinski definition) is 2. The standard InChI is InChI=1S/C15H28N8O4/c1-20(2)9-5-7-11(12(16)24)22-13(18-15(19-22)23(26)27)14(25)17-8-6-10-21(3)4/h11H,5-10H2,1-4H3,(H2,16,24)(H,17,25). The molecule has 1 aromatic rings. The number of aromatic nitrogens is 3. The fourth-order valence-electron chi connectivity index (χ4n) is 2.42. The fraction of sp³-hybridized carbons (Fsp3) is 0.733. The number of rotatable bonds is 12. The van der Waals surface area contributed by atoms with Gasteiger partial charge in [-0.1, -0.05) is 0 Å². The molecule has 0 bridgehead atoms. The van der Waals surface area contributed by atoms with E-state index in [1.54, 1.807) is 0 Å². The van der Waals surface area contributed by atoms with Crippen LogP contribution >= 0.6 is 0 Å². The van der Waals surface area contributed by atoms with Gasteiger partial charge in [-0.05, 0) is 70.4 Å². The maximum Gasteiger partial charge on any atom is 0.491 e. The molecule has 3 N–H and O–H groups in total. The van der Waals surface area contributed by atoms with Gasteiger partial charge in [0.15, 0.2) is 0 Å². The summed E-state index contributed by atoms with van der Waals surface area (Å²) in [5.74, 6) is -2.39. The first-order valence-electron chi connectivity index (χ1n) is 8.61. The molecular formula is C15H28N8O4. The Morgan fingerprint density at radius 2 is 1.81 bits per heavy atom. The highest BCUT2D eigenvalue weighted by atomic mass is 16.6. The van der Waals surface area contributed by atoms with E-state index in [0.717, 1.165) is 11.2 Å². The molecule has 0 saturated heterocycles. The van der Waals surface area contributed by atoms with Crippen molar-refractivity contribution in [2.24, 2.45) is 5.73 Å². The topological polar surface area (TPSA) is 153 Å². The summed E-state index contributed by atoms with van der Waals surface area (Å²) in [5.41, 5.74) is 5.45. The summed E-state index contributed by atoms with van der Waals surface area (Å²) >= 11 is 0. The second-order valence-electron chi connectivity index (χ2n) is 6.71. The Bertz CT molecular complexity index is 658. The third-order valence-corrected chi connectivity index (χ3v) is 3.76. The van der Waals surface area contributed by atoms with E-state index in [1.807, 2.05) is 38.0 Å². The number of hydrogen-bond acceptors (Lipinski definition) is 8. The monoisotopic (exact) mass is 384 g/mol. The van der Waals surface area contributed by atoms with Gasteiger partial charge in [-0.15, -0.1) is 4.68 Å². The lowest BCUT2D eigenvalue weighted by Gasteiger charge is -2.14. The molecule has 0 aliphatic carbocycles. The van der Waals surface area contributed by atoms with Crippen LogP contribution in [-0.2, 0) is 4.79 Å². The molecule has 2 amide bonds. The SMILES string of the molecule is CN(C)CCCNC(=O)c1nc([N+](=O)[O-])nn1C(CCCN(C)C)C(N)=O. The molecule has 1 heterocycles. The Balaban J connectivity index is 2.99. The third-order valence-electron chi connectivity index (χ3n) is 3.76. The van der Waals surface area contributed by atoms with Crippen molar-refractivity contribution in [3.63, 3.8) is 0 Å². The summed E-state index contributed by atoms with van der Waals surface area (Å²) in [4.78, 5) is 42.1. The van der Waals surface area contributed by atoms with Gasteiger partial charge in [0.25, 0.3) is 0 Å². The van der Waals surface area contributed by atoms with Crippen LogP contribution in [0.3, 0.4) is 0 Å². The average molecular weight is 384 g/mol. The lowest BCUT2D eigenvalue weighted by molar-refractivity contribution is -0.394. The summed E-state index contributed by atoms with van der Waals surface area (Å²) in [6.07, 6.45) is 1.57. The maximum atomic E-state index is 12.4. The van der Waals surface area contributed by atoms with Gasteiger partial charge in [0, 0.05) is 11.6 Å². The van der Waals surface area contributed by atoms with Gasteiger partial charge in [0.1, 0.15) is 6.04 Å². The summed E-state index contributed by atoms with van der Waals surface area (Å²) in [7, 11) is 7.58. The van der Waals surface area contributed by atoms with E-state index in [4.69, 9.17) is 5.73 Å². The number of primary amides is 1. The fourth-order valence-corrected chi connectivity index (χ4v) is 2.42. The van der Waals surface area contributed by atoms with Crippen LogP contribution in [0, 0.1) is 10.1 Å². The van der Waals surface area contributed by atoms with E-state index < -0.39 is 28.7 Å². The molecule has 152 valence electrons. The van der Waals surface area contributed by atoms with Crippen molar-refractivity contribution in [1.82, 2.24) is 29.9 Å². The second kappa shape index (κ2) is 10.5. The molecular weight excluding hydrogens is 356 g/mol. The number of nitrogens with zero attached hydrogens (tertiary/aromatic N) is 6. The van der Waals surface area contributed by atoms with Crippen LogP contribution in [0.4, 0.5) is 5.95 Å². The van der Waals surface area contributed by atoms with Crippen LogP contribution in [0.1, 0.15) is 35.9 Å². The van der Waals surface area contributed by atoms with Crippen LogP contribution in [0.15, 0.2) is 0 Å². The van der Waals surface area contributed by atoms with E-state index >= 15 is 0 Å². The van der Waals surface area contributed by atoms with Gasteiger partial charge >= 0.3 is 17.7 Å². The van der Waals surface area contributed by atoms with E-state index in [0.29, 0.717) is 25.9 Å². The van der Waals surface area contributed by atoms with Crippen molar-refractivity contribution in [2.45, 2.75) is 25.3 Å². The van der Waals surface area contributed by atoms with Crippen LogP contribution in [0.25, 0.3) is 0 Å². The molecule has 27 heavy (non-hydrogen) atoms. The lowest BCUT2D eigenvalue weighted by Crippen LogP contribution is -2.34. The minimum absolute atomic E-state index is 0.287. The van der Waals surface area contributed by atoms with Gasteiger partial charge in [-0.2, -0.15) is 0 Å². The van der Waals surface area contributed by atoms with E-state index in [9.17, 15) is 19.7 Å². The Hall–Kier alpha value is -2.60. The highest BCUT2D eigenvalue weighted by Gasteiger charge is 2.33. The van der Waals surface area contributed by atoms with Crippen molar-refractivity contribution >= 4 is 17.8 Å². The van der Waals surface area contributed by atoms with Crippen molar-refractivity contribution in [2.75, 3.05) is 47.8 Å². The Morgan fingerprint density at radius 3 is 2.33 bits per heavy atom. The van der Waals surface area contributed by atoms with Crippen molar-refractivity contribution in [3.05, 3.63) is 15.9 Å². The smallest absolute Gasteiger partial charge is 0.390 e. The van der Waals surface area contributed by atoms with Crippen molar-refractivity contribution in [1.29, 1.82) is 0 Å². The zero-order chi connectivity index (χ0) is 20.6. The molecule has 0 fully saturated rings. The molecule has 1 atom stereocenters. The molecule has 0 saturated carbocycles. The molecule has 1 unspecified atom stereocenters. The number of nitrogens with two attached hydrogens (primary N) is 1. The Labute approximate surface area is 157 Å². The second-order valence-corrected chi connectivity index (χ2v) is 6.71. The highest BCUT2D eigenvalue weighted by Crippen LogP contribution is 2.18. The maximum absolute atomic E-state index is 12.4. The van der Waals surface area contributed by atoms with Gasteiger partial charge in [-0.3, -0.25) is 9.59 Å². The minimum atomic E-state index is -0.992. The van der Waals surface area contributed by atoms with E-state index in [-0.39, 0.29) is 12.2 Å². The summed E-state index contributed by atoms with van der Waals surface area (Å²) in [6.45, 7) is 1.81. The molecule has 12 nitrogen and oxygen atoms in total. The lowest BCUT2D eigenvalue weighted by atomic mass is 10.1. The molecule has 12 heteroatoms. The van der Waals surface area contributed by atoms with Crippen LogP contribution in [0.2, 0.25) is 0 Å². The molecule has 0 aliphatic rings. The molecule has 1 rings (SSSR count). The molecule has 0 spiro atoms. The summed E-state index contributed by atoms with van der Waals surface area (Å²) < 4.78 is 0.970. The Kier molecular flexibility index (Phi) is 8.75.